The molecule has 182 valence electrons. The Bertz CT molecular complexity index is 1080. The van der Waals surface area contributed by atoms with E-state index in [1.165, 1.54) is 3.98 Å². The Morgan fingerprint density at radius 3 is 2.55 bits per heavy atom. The summed E-state index contributed by atoms with van der Waals surface area (Å²) in [6.07, 6.45) is 6.03. The van der Waals surface area contributed by atoms with Gasteiger partial charge in [-0.1, -0.05) is 6.07 Å². The second-order valence-corrected chi connectivity index (χ2v) is 9.76. The fourth-order valence-electron chi connectivity index (χ4n) is 3.66. The average Bonchev–Trinajstić information content (AvgIpc) is 2.80. The topological polar surface area (TPSA) is 79.7 Å². The smallest absolute Gasteiger partial charge is 0.235 e. The summed E-state index contributed by atoms with van der Waals surface area (Å²) >= 11 is 3.38. The fourth-order valence-corrected chi connectivity index (χ4v) is 4.16. The molecule has 0 saturated heterocycles. The van der Waals surface area contributed by atoms with E-state index in [1.54, 1.807) is 0 Å². The van der Waals surface area contributed by atoms with E-state index in [4.69, 9.17) is 10.4 Å². The summed E-state index contributed by atoms with van der Waals surface area (Å²) in [7, 11) is 5.89. The van der Waals surface area contributed by atoms with Crippen LogP contribution in [0.2, 0.25) is 0 Å². The van der Waals surface area contributed by atoms with Crippen molar-refractivity contribution in [2.45, 2.75) is 58.4 Å². The van der Waals surface area contributed by atoms with Crippen LogP contribution in [0.3, 0.4) is 0 Å². The minimum absolute atomic E-state index is 0.295. The zero-order valence-electron chi connectivity index (χ0n) is 20.9. The van der Waals surface area contributed by atoms with Crippen LogP contribution < -0.4 is 21.1 Å². The number of rotatable bonds is 11. The Morgan fingerprint density at radius 1 is 1.21 bits per heavy atom. The molecule has 0 spiro atoms. The predicted molar refractivity (Wildman–Crippen MR) is 133 cm³/mol. The first-order valence-electron chi connectivity index (χ1n) is 11.3. The molecular formula is C26H38N6Pd. The van der Waals surface area contributed by atoms with E-state index in [0.717, 1.165) is 47.5 Å². The van der Waals surface area contributed by atoms with Gasteiger partial charge in [-0.15, -0.1) is 0 Å². The SMILES string of the molecule is CNc1cccc(C(C)(C)c2cccc(=[NH+][C-]=C(CCC[C](=[Pd])C(C)NC)C(C)=N)n2C)n1. The summed E-state index contributed by atoms with van der Waals surface area (Å²) < 4.78 is 3.42. The largest absolute Gasteiger partial charge is 0.235 e. The molecule has 0 saturated carbocycles. The molecule has 1 atom stereocenters. The third kappa shape index (κ3) is 7.14. The summed E-state index contributed by atoms with van der Waals surface area (Å²) in [6.45, 7) is 8.33. The Labute approximate surface area is 209 Å². The van der Waals surface area contributed by atoms with Gasteiger partial charge in [0.25, 0.3) is 0 Å². The molecule has 0 amide bonds. The number of hydrogen-bond donors (Lipinski definition) is 4. The van der Waals surface area contributed by atoms with Crippen LogP contribution in [0.25, 0.3) is 0 Å². The van der Waals surface area contributed by atoms with Gasteiger partial charge < -0.3 is 5.32 Å². The van der Waals surface area contributed by atoms with Crippen molar-refractivity contribution < 1.29 is 23.7 Å². The first-order valence-corrected chi connectivity index (χ1v) is 12.1. The van der Waals surface area contributed by atoms with E-state index in [-0.39, 0.29) is 5.41 Å². The van der Waals surface area contributed by atoms with Gasteiger partial charge in [-0.3, -0.25) is 0 Å². The van der Waals surface area contributed by atoms with E-state index >= 15 is 0 Å². The van der Waals surface area contributed by atoms with Crippen LogP contribution >= 0.6 is 0 Å². The van der Waals surface area contributed by atoms with Crippen LogP contribution in [0, 0.1) is 11.6 Å². The molecule has 2 heterocycles. The maximum atomic E-state index is 8.18. The molecule has 7 heteroatoms. The van der Waals surface area contributed by atoms with Gasteiger partial charge in [0.05, 0.1) is 0 Å². The standard InChI is InChI=1S/C26H38N6.Pd/c1-19(28-5)12-8-9-13-21(20(2)27)18-30-25-17-11-15-23(32(25)7)26(3,4)22-14-10-16-24(29-6)31-22;/h10-11,14-17,19,27-28,30H,8-9,13H2,1-7H3,(H,29,31);. The molecule has 1 unspecified atom stereocenters. The minimum Gasteiger partial charge on any atom is -0.235 e. The Balaban J connectivity index is 2.33. The predicted octanol–water partition coefficient (Wildman–Crippen LogP) is 1.99. The van der Waals surface area contributed by atoms with E-state index in [9.17, 15) is 0 Å². The molecule has 0 aliphatic rings. The van der Waals surface area contributed by atoms with Gasteiger partial charge >= 0.3 is 168 Å². The number of anilines is 1. The molecule has 4 N–H and O–H groups in total. The number of pyridine rings is 2. The summed E-state index contributed by atoms with van der Waals surface area (Å²) in [6, 6.07) is 12.6. The van der Waals surface area contributed by atoms with Crippen LogP contribution in [0.4, 0.5) is 5.82 Å². The van der Waals surface area contributed by atoms with Gasteiger partial charge in [0.1, 0.15) is 5.82 Å². The van der Waals surface area contributed by atoms with Crippen LogP contribution in [0.15, 0.2) is 42.0 Å². The zero-order chi connectivity index (χ0) is 24.6. The van der Waals surface area contributed by atoms with E-state index in [2.05, 4.69) is 78.0 Å². The van der Waals surface area contributed by atoms with Crippen LogP contribution in [0.5, 0.6) is 0 Å². The van der Waals surface area contributed by atoms with Crippen molar-refractivity contribution in [3.63, 3.8) is 0 Å². The van der Waals surface area contributed by atoms with Crippen molar-refractivity contribution in [3.05, 3.63) is 65.0 Å². The van der Waals surface area contributed by atoms with Crippen molar-refractivity contribution in [2.75, 3.05) is 19.4 Å². The first-order chi connectivity index (χ1) is 15.6. The van der Waals surface area contributed by atoms with E-state index in [1.807, 2.05) is 52.3 Å². The van der Waals surface area contributed by atoms with Crippen molar-refractivity contribution in [1.82, 2.24) is 14.9 Å². The number of aromatic nitrogens is 2. The number of allylic oxidation sites excluding steroid dienone is 1. The maximum Gasteiger partial charge on any atom is -0.235 e. The molecule has 0 aliphatic carbocycles. The fraction of sp³-hybridized carbons (Fsp3) is 0.462. The summed E-state index contributed by atoms with van der Waals surface area (Å²) in [5.41, 5.74) is 4.18. The number of hydrogen-bond acceptors (Lipinski definition) is 4. The van der Waals surface area contributed by atoms with E-state index in [0.29, 0.717) is 11.8 Å². The maximum absolute atomic E-state index is 8.18. The average molecular weight is 541 g/mol. The first kappa shape index (κ1) is 27.0. The molecule has 2 aromatic rings. The van der Waals surface area contributed by atoms with Crippen molar-refractivity contribution >= 4 is 15.5 Å². The van der Waals surface area contributed by atoms with Gasteiger partial charge in [-0.05, 0) is 12.1 Å². The summed E-state index contributed by atoms with van der Waals surface area (Å²) in [5.74, 6) is 0.855. The second kappa shape index (κ2) is 12.3. The molecule has 0 radical (unpaired) electrons. The van der Waals surface area contributed by atoms with Gasteiger partial charge in [-0.25, -0.2) is 4.98 Å². The second-order valence-electron chi connectivity index (χ2n) is 8.76. The van der Waals surface area contributed by atoms with Gasteiger partial charge in [-0.2, -0.15) is 0 Å². The molecule has 0 aliphatic heterocycles. The minimum atomic E-state index is -0.295. The van der Waals surface area contributed by atoms with Gasteiger partial charge in [0, 0.05) is 7.05 Å². The molecule has 0 fully saturated rings. The van der Waals surface area contributed by atoms with Crippen molar-refractivity contribution in [2.24, 2.45) is 7.05 Å². The van der Waals surface area contributed by atoms with Crippen LogP contribution in [-0.4, -0.2) is 39.4 Å². The number of nitrogens with zero attached hydrogens (tertiary/aromatic N) is 2. The Morgan fingerprint density at radius 2 is 1.91 bits per heavy atom. The van der Waals surface area contributed by atoms with Gasteiger partial charge in [0.15, 0.2) is 0 Å². The zero-order valence-corrected chi connectivity index (χ0v) is 22.4. The molecule has 6 nitrogen and oxygen atoms in total. The Hall–Kier alpha value is -2.20. The van der Waals surface area contributed by atoms with Crippen molar-refractivity contribution in [3.8, 4) is 0 Å². The van der Waals surface area contributed by atoms with Crippen molar-refractivity contribution in [1.29, 1.82) is 5.41 Å². The molecule has 2 rings (SSSR count). The van der Waals surface area contributed by atoms with E-state index < -0.39 is 0 Å². The molecule has 0 aromatic carbocycles. The summed E-state index contributed by atoms with van der Waals surface area (Å²) in [4.78, 5) is 8.10. The normalized spacial score (nSPS) is 13.7. The summed E-state index contributed by atoms with van der Waals surface area (Å²) in [5, 5.41) is 14.6. The van der Waals surface area contributed by atoms with Gasteiger partial charge in [0.2, 0.25) is 0 Å². The quantitative estimate of drug-likeness (QED) is 0.152. The van der Waals surface area contributed by atoms with Crippen LogP contribution in [-0.2, 0) is 31.2 Å². The van der Waals surface area contributed by atoms with Crippen LogP contribution in [0.1, 0.15) is 58.3 Å². The molecule has 2 aromatic heterocycles. The third-order valence-corrected chi connectivity index (χ3v) is 7.08. The third-order valence-electron chi connectivity index (χ3n) is 6.01. The Kier molecular flexibility index (Phi) is 10.1. The molecule has 33 heavy (non-hydrogen) atoms. The monoisotopic (exact) mass is 540 g/mol. The number of nitrogens with one attached hydrogen (secondary N) is 4. The molecular weight excluding hydrogens is 503 g/mol. The molecule has 0 bridgehead atoms.